The van der Waals surface area contributed by atoms with Gasteiger partial charge in [-0.15, -0.1) is 11.3 Å². The molecule has 0 radical (unpaired) electrons. The van der Waals surface area contributed by atoms with Gasteiger partial charge in [-0.25, -0.2) is 0 Å². The van der Waals surface area contributed by atoms with Crippen molar-refractivity contribution in [1.82, 2.24) is 0 Å². The van der Waals surface area contributed by atoms with Crippen molar-refractivity contribution in [2.45, 2.75) is 13.3 Å². The van der Waals surface area contributed by atoms with Crippen LogP contribution in [-0.4, -0.2) is 18.1 Å². The molecule has 0 fully saturated rings. The lowest BCUT2D eigenvalue weighted by Gasteiger charge is -2.08. The molecule has 0 aliphatic carbocycles. The van der Waals surface area contributed by atoms with Crippen LogP contribution in [-0.2, 0) is 6.42 Å². The number of ether oxygens (including phenoxy) is 1. The maximum absolute atomic E-state index is 10.9. The van der Waals surface area contributed by atoms with Crippen LogP contribution in [0.5, 0.6) is 5.75 Å². The fraction of sp³-hybridized carbons (Fsp3) is 0.286. The number of hydrogen-bond acceptors (Lipinski definition) is 5. The summed E-state index contributed by atoms with van der Waals surface area (Å²) in [6.45, 7) is 2.98. The Morgan fingerprint density at radius 3 is 2.81 bits per heavy atom. The molecule has 5 nitrogen and oxygen atoms in total. The molecule has 0 unspecified atom stereocenters. The van der Waals surface area contributed by atoms with E-state index in [1.165, 1.54) is 28.3 Å². The van der Waals surface area contributed by atoms with Gasteiger partial charge in [0.05, 0.1) is 21.9 Å². The molecule has 7 heteroatoms. The highest BCUT2D eigenvalue weighted by Gasteiger charge is 2.10. The molecule has 0 saturated heterocycles. The number of hydrogen-bond donors (Lipinski definition) is 1. The number of thiophene rings is 1. The third-order valence-electron chi connectivity index (χ3n) is 2.74. The van der Waals surface area contributed by atoms with Crippen LogP contribution in [0.25, 0.3) is 0 Å². The molecular weight excluding hydrogens is 312 g/mol. The standard InChI is InChI=1S/C14H15ClN2O3S/c1-2-20-12-8-10(7-11(9-12)17(18)19)16-6-5-13-3-4-14(15)21-13/h3-4,7-9,16H,2,5-6H2,1H3. The Labute approximate surface area is 131 Å². The Morgan fingerprint density at radius 2 is 2.19 bits per heavy atom. The van der Waals surface area contributed by atoms with Crippen molar-refractivity contribution in [2.24, 2.45) is 0 Å². The van der Waals surface area contributed by atoms with Gasteiger partial charge in [0.1, 0.15) is 5.75 Å². The van der Waals surface area contributed by atoms with Crippen molar-refractivity contribution in [3.05, 3.63) is 49.7 Å². The van der Waals surface area contributed by atoms with Crippen molar-refractivity contribution in [3.63, 3.8) is 0 Å². The number of nitro groups is 1. The number of nitrogens with zero attached hydrogens (tertiary/aromatic N) is 1. The third-order valence-corrected chi connectivity index (χ3v) is 4.03. The predicted molar refractivity (Wildman–Crippen MR) is 85.8 cm³/mol. The summed E-state index contributed by atoms with van der Waals surface area (Å²) in [5.74, 6) is 0.494. The molecule has 0 aliphatic rings. The predicted octanol–water partition coefficient (Wildman–Crippen LogP) is 4.36. The molecule has 0 saturated carbocycles. The number of benzene rings is 1. The summed E-state index contributed by atoms with van der Waals surface area (Å²) in [5, 5.41) is 14.1. The van der Waals surface area contributed by atoms with Crippen molar-refractivity contribution in [2.75, 3.05) is 18.5 Å². The molecular formula is C14H15ClN2O3S. The molecule has 0 bridgehead atoms. The average molecular weight is 327 g/mol. The molecule has 0 atom stereocenters. The van der Waals surface area contributed by atoms with Crippen LogP contribution in [0.4, 0.5) is 11.4 Å². The van der Waals surface area contributed by atoms with Gasteiger partial charge in [-0.3, -0.25) is 10.1 Å². The van der Waals surface area contributed by atoms with Gasteiger partial charge in [0.25, 0.3) is 5.69 Å². The largest absolute Gasteiger partial charge is 0.494 e. The van der Waals surface area contributed by atoms with E-state index in [1.54, 1.807) is 6.07 Å². The number of halogens is 1. The first kappa shape index (κ1) is 15.6. The summed E-state index contributed by atoms with van der Waals surface area (Å²) in [5.41, 5.74) is 0.693. The molecule has 0 amide bonds. The molecule has 0 aliphatic heterocycles. The smallest absolute Gasteiger partial charge is 0.275 e. The van der Waals surface area contributed by atoms with E-state index in [0.717, 1.165) is 10.8 Å². The lowest BCUT2D eigenvalue weighted by atomic mass is 10.2. The fourth-order valence-corrected chi connectivity index (χ4v) is 2.94. The first-order valence-corrected chi connectivity index (χ1v) is 7.68. The van der Waals surface area contributed by atoms with Gasteiger partial charge in [-0.05, 0) is 25.5 Å². The van der Waals surface area contributed by atoms with Gasteiger partial charge in [-0.1, -0.05) is 11.6 Å². The maximum atomic E-state index is 10.9. The number of nitro benzene ring substituents is 1. The van der Waals surface area contributed by atoms with Crippen LogP contribution in [0.3, 0.4) is 0 Å². The third kappa shape index (κ3) is 4.61. The number of nitrogens with one attached hydrogen (secondary N) is 1. The van der Waals surface area contributed by atoms with Crippen LogP contribution in [0.1, 0.15) is 11.8 Å². The summed E-state index contributed by atoms with van der Waals surface area (Å²) in [4.78, 5) is 11.7. The van der Waals surface area contributed by atoms with Crippen molar-refractivity contribution in [1.29, 1.82) is 0 Å². The van der Waals surface area contributed by atoms with E-state index in [-0.39, 0.29) is 5.69 Å². The monoisotopic (exact) mass is 326 g/mol. The second-order valence-corrected chi connectivity index (χ2v) is 6.09. The van der Waals surface area contributed by atoms with Crippen molar-refractivity contribution >= 4 is 34.3 Å². The van der Waals surface area contributed by atoms with Gasteiger partial charge in [0.15, 0.2) is 0 Å². The second kappa shape index (κ2) is 7.28. The van der Waals surface area contributed by atoms with E-state index in [0.29, 0.717) is 24.6 Å². The fourth-order valence-electron chi connectivity index (χ4n) is 1.86. The topological polar surface area (TPSA) is 64.4 Å². The Morgan fingerprint density at radius 1 is 1.38 bits per heavy atom. The highest BCUT2D eigenvalue weighted by atomic mass is 35.5. The first-order chi connectivity index (χ1) is 10.1. The van der Waals surface area contributed by atoms with E-state index in [9.17, 15) is 10.1 Å². The molecule has 2 aromatic rings. The Hall–Kier alpha value is -1.79. The van der Waals surface area contributed by atoms with Gasteiger partial charge < -0.3 is 10.1 Å². The molecule has 1 aromatic heterocycles. The highest BCUT2D eigenvalue weighted by Crippen LogP contribution is 2.26. The highest BCUT2D eigenvalue weighted by molar-refractivity contribution is 7.16. The molecule has 21 heavy (non-hydrogen) atoms. The van der Waals surface area contributed by atoms with E-state index in [1.807, 2.05) is 19.1 Å². The molecule has 1 aromatic carbocycles. The zero-order chi connectivity index (χ0) is 15.2. The van der Waals surface area contributed by atoms with Crippen LogP contribution >= 0.6 is 22.9 Å². The lowest BCUT2D eigenvalue weighted by Crippen LogP contribution is -2.05. The van der Waals surface area contributed by atoms with E-state index in [4.69, 9.17) is 16.3 Å². The average Bonchev–Trinajstić information content (AvgIpc) is 2.84. The van der Waals surface area contributed by atoms with E-state index in [2.05, 4.69) is 5.32 Å². The van der Waals surface area contributed by atoms with Crippen molar-refractivity contribution in [3.8, 4) is 5.75 Å². The molecule has 112 valence electrons. The van der Waals surface area contributed by atoms with Gasteiger partial charge in [0.2, 0.25) is 0 Å². The number of rotatable bonds is 7. The van der Waals surface area contributed by atoms with Gasteiger partial charge >= 0.3 is 0 Å². The summed E-state index contributed by atoms with van der Waals surface area (Å²) >= 11 is 7.41. The van der Waals surface area contributed by atoms with E-state index >= 15 is 0 Å². The normalized spacial score (nSPS) is 10.4. The maximum Gasteiger partial charge on any atom is 0.275 e. The first-order valence-electron chi connectivity index (χ1n) is 6.49. The Balaban J connectivity index is 2.02. The molecule has 1 heterocycles. The number of non-ortho nitro benzene ring substituents is 1. The van der Waals surface area contributed by atoms with Gasteiger partial charge in [-0.2, -0.15) is 0 Å². The zero-order valence-corrected chi connectivity index (χ0v) is 13.0. The lowest BCUT2D eigenvalue weighted by molar-refractivity contribution is -0.384. The summed E-state index contributed by atoms with van der Waals surface area (Å²) in [6.07, 6.45) is 0.810. The summed E-state index contributed by atoms with van der Waals surface area (Å²) < 4.78 is 6.11. The van der Waals surface area contributed by atoms with Crippen LogP contribution in [0, 0.1) is 10.1 Å². The van der Waals surface area contributed by atoms with Crippen LogP contribution in [0.15, 0.2) is 30.3 Å². The van der Waals surface area contributed by atoms with Crippen LogP contribution in [0.2, 0.25) is 4.34 Å². The SMILES string of the molecule is CCOc1cc(NCCc2ccc(Cl)s2)cc([N+](=O)[O-])c1. The number of anilines is 1. The summed E-state index contributed by atoms with van der Waals surface area (Å²) in [7, 11) is 0. The quantitative estimate of drug-likeness (QED) is 0.606. The Kier molecular flexibility index (Phi) is 5.41. The zero-order valence-electron chi connectivity index (χ0n) is 11.5. The summed E-state index contributed by atoms with van der Waals surface area (Å²) in [6, 6.07) is 8.53. The Bertz CT molecular complexity index is 630. The molecule has 1 N–H and O–H groups in total. The second-order valence-electron chi connectivity index (χ2n) is 4.29. The molecule has 2 rings (SSSR count). The van der Waals surface area contributed by atoms with E-state index < -0.39 is 4.92 Å². The van der Waals surface area contributed by atoms with Crippen LogP contribution < -0.4 is 10.1 Å². The van der Waals surface area contributed by atoms with Crippen molar-refractivity contribution < 1.29 is 9.66 Å². The van der Waals surface area contributed by atoms with Gasteiger partial charge in [0, 0.05) is 29.2 Å². The minimum Gasteiger partial charge on any atom is -0.494 e. The minimum absolute atomic E-state index is 0.0163. The minimum atomic E-state index is -0.424. The molecule has 0 spiro atoms.